The van der Waals surface area contributed by atoms with Crippen LogP contribution in [0.3, 0.4) is 0 Å². The van der Waals surface area contributed by atoms with Crippen LogP contribution in [-0.2, 0) is 0 Å². The van der Waals surface area contributed by atoms with E-state index in [1.165, 1.54) is 11.8 Å². The van der Waals surface area contributed by atoms with Crippen LogP contribution in [0.15, 0.2) is 30.3 Å². The molecule has 1 aromatic rings. The van der Waals surface area contributed by atoms with Gasteiger partial charge in [-0.3, -0.25) is 0 Å². The van der Waals surface area contributed by atoms with Gasteiger partial charge >= 0.3 is 6.18 Å². The molecule has 0 spiro atoms. The van der Waals surface area contributed by atoms with Crippen molar-refractivity contribution in [3.8, 4) is 12.3 Å². The molecule has 1 aromatic carbocycles. The van der Waals surface area contributed by atoms with E-state index in [2.05, 4.69) is 11.2 Å². The minimum Gasteiger partial charge on any atom is -0.309 e. The summed E-state index contributed by atoms with van der Waals surface area (Å²) in [5.74, 6) is 3.76. The SMILES string of the molecule is C#CCSCCNC(CC(F)(F)F)c1ccccc1. The van der Waals surface area contributed by atoms with Gasteiger partial charge in [-0.1, -0.05) is 36.3 Å². The Kier molecular flexibility index (Phi) is 6.82. The Labute approximate surface area is 116 Å². The Morgan fingerprint density at radius 3 is 2.53 bits per heavy atom. The molecule has 1 atom stereocenters. The van der Waals surface area contributed by atoms with Crippen LogP contribution >= 0.6 is 11.8 Å². The molecule has 0 fully saturated rings. The summed E-state index contributed by atoms with van der Waals surface area (Å²) in [5, 5.41) is 2.94. The van der Waals surface area contributed by atoms with Gasteiger partial charge in [-0.15, -0.1) is 18.2 Å². The molecule has 1 N–H and O–H groups in total. The monoisotopic (exact) mass is 287 g/mol. The highest BCUT2D eigenvalue weighted by Gasteiger charge is 2.32. The number of benzene rings is 1. The maximum absolute atomic E-state index is 12.5. The number of terminal acetylenes is 1. The summed E-state index contributed by atoms with van der Waals surface area (Å²) in [6, 6.07) is 7.99. The zero-order valence-corrected chi connectivity index (χ0v) is 11.2. The quantitative estimate of drug-likeness (QED) is 0.607. The topological polar surface area (TPSA) is 12.0 Å². The summed E-state index contributed by atoms with van der Waals surface area (Å²) < 4.78 is 37.6. The lowest BCUT2D eigenvalue weighted by Gasteiger charge is -2.20. The van der Waals surface area contributed by atoms with Crippen LogP contribution in [0.25, 0.3) is 0 Å². The number of hydrogen-bond donors (Lipinski definition) is 1. The second-order valence-electron chi connectivity index (χ2n) is 3.99. The highest BCUT2D eigenvalue weighted by atomic mass is 32.2. The van der Waals surface area contributed by atoms with Crippen LogP contribution in [0.2, 0.25) is 0 Å². The van der Waals surface area contributed by atoms with Crippen LogP contribution in [-0.4, -0.2) is 24.2 Å². The molecule has 1 rings (SSSR count). The minimum absolute atomic E-state index is 0.502. The Hall–Kier alpha value is -1.12. The number of rotatable bonds is 7. The molecule has 0 aromatic heterocycles. The molecular weight excluding hydrogens is 271 g/mol. The third kappa shape index (κ3) is 7.14. The average Bonchev–Trinajstić information content (AvgIpc) is 2.37. The molecule has 0 bridgehead atoms. The molecule has 1 unspecified atom stereocenters. The standard InChI is InChI=1S/C14H16F3NS/c1-2-9-19-10-8-18-13(11-14(15,16)17)12-6-4-3-5-7-12/h1,3-7,13,18H,8-11H2. The highest BCUT2D eigenvalue weighted by molar-refractivity contribution is 7.99. The summed E-state index contributed by atoms with van der Waals surface area (Å²) in [6.45, 7) is 0.502. The Bertz CT molecular complexity index is 397. The fourth-order valence-electron chi connectivity index (χ4n) is 1.66. The van der Waals surface area contributed by atoms with Crippen molar-refractivity contribution in [3.05, 3.63) is 35.9 Å². The summed E-state index contributed by atoms with van der Waals surface area (Å²) in [6.07, 6.45) is 0.0595. The van der Waals surface area contributed by atoms with Gasteiger partial charge in [-0.25, -0.2) is 0 Å². The van der Waals surface area contributed by atoms with E-state index in [1.807, 2.05) is 0 Å². The molecule has 0 heterocycles. The largest absolute Gasteiger partial charge is 0.390 e. The fraction of sp³-hybridized carbons (Fsp3) is 0.429. The van der Waals surface area contributed by atoms with Gasteiger partial charge in [0.1, 0.15) is 0 Å². The zero-order valence-electron chi connectivity index (χ0n) is 10.4. The number of thioether (sulfide) groups is 1. The molecule has 1 nitrogen and oxygen atoms in total. The zero-order chi connectivity index (χ0) is 14.1. The second kappa shape index (κ2) is 8.13. The van der Waals surface area contributed by atoms with Gasteiger partial charge in [0.2, 0.25) is 0 Å². The van der Waals surface area contributed by atoms with Gasteiger partial charge in [-0.2, -0.15) is 13.2 Å². The molecule has 0 saturated heterocycles. The van der Waals surface area contributed by atoms with E-state index in [-0.39, 0.29) is 0 Å². The lowest BCUT2D eigenvalue weighted by atomic mass is 10.0. The normalized spacial score (nSPS) is 12.9. The van der Waals surface area contributed by atoms with Crippen molar-refractivity contribution in [3.63, 3.8) is 0 Å². The van der Waals surface area contributed by atoms with Crippen LogP contribution in [0, 0.1) is 12.3 Å². The van der Waals surface area contributed by atoms with E-state index in [9.17, 15) is 13.2 Å². The van der Waals surface area contributed by atoms with Gasteiger partial charge < -0.3 is 5.32 Å². The Balaban J connectivity index is 2.54. The van der Waals surface area contributed by atoms with Gasteiger partial charge in [0.05, 0.1) is 12.2 Å². The van der Waals surface area contributed by atoms with Crippen molar-refractivity contribution in [1.82, 2.24) is 5.32 Å². The number of nitrogens with one attached hydrogen (secondary N) is 1. The van der Waals surface area contributed by atoms with E-state index < -0.39 is 18.6 Å². The van der Waals surface area contributed by atoms with Crippen molar-refractivity contribution < 1.29 is 13.2 Å². The molecule has 5 heteroatoms. The smallest absolute Gasteiger partial charge is 0.309 e. The Morgan fingerprint density at radius 1 is 1.26 bits per heavy atom. The summed E-state index contributed by atoms with van der Waals surface area (Å²) in [7, 11) is 0. The maximum atomic E-state index is 12.5. The summed E-state index contributed by atoms with van der Waals surface area (Å²) in [4.78, 5) is 0. The van der Waals surface area contributed by atoms with Crippen LogP contribution in [0.5, 0.6) is 0 Å². The number of hydrogen-bond acceptors (Lipinski definition) is 2. The summed E-state index contributed by atoms with van der Waals surface area (Å²) >= 11 is 1.53. The first kappa shape index (κ1) is 15.9. The van der Waals surface area contributed by atoms with Gasteiger partial charge in [-0.05, 0) is 5.56 Å². The van der Waals surface area contributed by atoms with E-state index in [4.69, 9.17) is 6.42 Å². The van der Waals surface area contributed by atoms with Crippen molar-refractivity contribution >= 4 is 11.8 Å². The predicted molar refractivity (Wildman–Crippen MR) is 74.0 cm³/mol. The van der Waals surface area contributed by atoms with Crippen LogP contribution < -0.4 is 5.32 Å². The molecule has 0 aliphatic carbocycles. The molecule has 19 heavy (non-hydrogen) atoms. The van der Waals surface area contributed by atoms with Crippen LogP contribution in [0.4, 0.5) is 13.2 Å². The van der Waals surface area contributed by atoms with E-state index in [0.29, 0.717) is 23.6 Å². The Morgan fingerprint density at radius 2 is 1.95 bits per heavy atom. The average molecular weight is 287 g/mol. The van der Waals surface area contributed by atoms with Gasteiger partial charge in [0.25, 0.3) is 0 Å². The van der Waals surface area contributed by atoms with Crippen molar-refractivity contribution in [1.29, 1.82) is 0 Å². The van der Waals surface area contributed by atoms with E-state index in [0.717, 1.165) is 0 Å². The van der Waals surface area contributed by atoms with Crippen LogP contribution in [0.1, 0.15) is 18.0 Å². The molecule has 0 aliphatic heterocycles. The van der Waals surface area contributed by atoms with E-state index >= 15 is 0 Å². The first-order valence-electron chi connectivity index (χ1n) is 5.89. The second-order valence-corrected chi connectivity index (χ2v) is 5.10. The molecule has 0 aliphatic rings. The molecule has 0 amide bonds. The predicted octanol–water partition coefficient (Wildman–Crippen LogP) is 3.64. The third-order valence-electron chi connectivity index (χ3n) is 2.46. The van der Waals surface area contributed by atoms with E-state index in [1.54, 1.807) is 30.3 Å². The molecule has 0 saturated carbocycles. The molecular formula is C14H16F3NS. The first-order chi connectivity index (χ1) is 9.03. The van der Waals surface area contributed by atoms with Gasteiger partial charge in [0.15, 0.2) is 0 Å². The van der Waals surface area contributed by atoms with Crippen molar-refractivity contribution in [2.24, 2.45) is 0 Å². The lowest BCUT2D eigenvalue weighted by Crippen LogP contribution is -2.28. The minimum atomic E-state index is -4.18. The maximum Gasteiger partial charge on any atom is 0.390 e. The third-order valence-corrected chi connectivity index (χ3v) is 3.32. The molecule has 104 valence electrons. The summed E-state index contributed by atoms with van der Waals surface area (Å²) in [5.41, 5.74) is 0.654. The lowest BCUT2D eigenvalue weighted by molar-refractivity contribution is -0.140. The number of halogens is 3. The molecule has 0 radical (unpaired) electrons. The van der Waals surface area contributed by atoms with Crippen molar-refractivity contribution in [2.75, 3.05) is 18.1 Å². The highest BCUT2D eigenvalue weighted by Crippen LogP contribution is 2.29. The van der Waals surface area contributed by atoms with Gasteiger partial charge in [0, 0.05) is 18.3 Å². The first-order valence-corrected chi connectivity index (χ1v) is 7.04. The number of alkyl halides is 3. The fourth-order valence-corrected chi connectivity index (χ4v) is 2.19. The van der Waals surface area contributed by atoms with Crippen molar-refractivity contribution in [2.45, 2.75) is 18.6 Å².